The number of nitrogens with two attached hydrogens (primary N) is 1. The molecule has 0 saturated heterocycles. The van der Waals surface area contributed by atoms with Crippen LogP contribution in [0.25, 0.3) is 0 Å². The Morgan fingerprint density at radius 3 is 2.71 bits per heavy atom. The standard InChI is InChI=1S/C9H12Cl2N2O/c1-2-7(12)8(14)5-3-6(10)9(11)13-4-5/h3-4,7-8,14H,2,12H2,1H3/t7-,8-/m1/s1. The van der Waals surface area contributed by atoms with E-state index in [1.807, 2.05) is 6.92 Å². The molecule has 3 N–H and O–H groups in total. The van der Waals surface area contributed by atoms with Gasteiger partial charge in [0.2, 0.25) is 0 Å². The van der Waals surface area contributed by atoms with E-state index in [-0.39, 0.29) is 11.2 Å². The third-order valence-electron chi connectivity index (χ3n) is 2.04. The van der Waals surface area contributed by atoms with Gasteiger partial charge in [-0.2, -0.15) is 0 Å². The minimum absolute atomic E-state index is 0.229. The zero-order valence-electron chi connectivity index (χ0n) is 7.74. The van der Waals surface area contributed by atoms with Crippen molar-refractivity contribution in [1.29, 1.82) is 0 Å². The average molecular weight is 235 g/mol. The van der Waals surface area contributed by atoms with E-state index in [9.17, 15) is 5.11 Å². The molecule has 0 aliphatic carbocycles. The molecule has 0 amide bonds. The molecule has 78 valence electrons. The summed E-state index contributed by atoms with van der Waals surface area (Å²) in [5, 5.41) is 10.3. The minimum Gasteiger partial charge on any atom is -0.387 e. The fourth-order valence-corrected chi connectivity index (χ4v) is 1.35. The van der Waals surface area contributed by atoms with E-state index in [2.05, 4.69) is 4.98 Å². The predicted molar refractivity (Wildman–Crippen MR) is 57.5 cm³/mol. The first-order chi connectivity index (χ1) is 6.56. The summed E-state index contributed by atoms with van der Waals surface area (Å²) in [6.07, 6.45) is 1.41. The van der Waals surface area contributed by atoms with Gasteiger partial charge in [0.05, 0.1) is 11.1 Å². The predicted octanol–water partition coefficient (Wildman–Crippen LogP) is 2.16. The van der Waals surface area contributed by atoms with Gasteiger partial charge in [0.25, 0.3) is 0 Å². The fraction of sp³-hybridized carbons (Fsp3) is 0.444. The first kappa shape index (κ1) is 11.7. The van der Waals surface area contributed by atoms with Crippen molar-refractivity contribution < 1.29 is 5.11 Å². The van der Waals surface area contributed by atoms with Crippen molar-refractivity contribution in [2.24, 2.45) is 5.73 Å². The second kappa shape index (κ2) is 4.94. The molecule has 5 heteroatoms. The maximum absolute atomic E-state index is 9.74. The highest BCUT2D eigenvalue weighted by Crippen LogP contribution is 2.24. The van der Waals surface area contributed by atoms with Gasteiger partial charge in [-0.05, 0) is 12.5 Å². The van der Waals surface area contributed by atoms with Crippen LogP contribution in [0.5, 0.6) is 0 Å². The molecule has 0 unspecified atom stereocenters. The lowest BCUT2D eigenvalue weighted by Gasteiger charge is -2.17. The van der Waals surface area contributed by atoms with Crippen molar-refractivity contribution in [1.82, 2.24) is 4.98 Å². The monoisotopic (exact) mass is 234 g/mol. The van der Waals surface area contributed by atoms with Crippen molar-refractivity contribution in [2.45, 2.75) is 25.5 Å². The van der Waals surface area contributed by atoms with Gasteiger partial charge in [0.15, 0.2) is 0 Å². The highest BCUT2D eigenvalue weighted by atomic mass is 35.5. The van der Waals surface area contributed by atoms with Crippen molar-refractivity contribution in [3.63, 3.8) is 0 Å². The first-order valence-corrected chi connectivity index (χ1v) is 5.06. The van der Waals surface area contributed by atoms with Gasteiger partial charge in [-0.1, -0.05) is 30.1 Å². The third-order valence-corrected chi connectivity index (χ3v) is 2.72. The van der Waals surface area contributed by atoms with Gasteiger partial charge >= 0.3 is 0 Å². The zero-order valence-corrected chi connectivity index (χ0v) is 9.26. The molecule has 0 aromatic carbocycles. The molecule has 0 aliphatic rings. The Balaban J connectivity index is 2.91. The van der Waals surface area contributed by atoms with Crippen LogP contribution in [0.3, 0.4) is 0 Å². The average Bonchev–Trinajstić information content (AvgIpc) is 2.20. The summed E-state index contributed by atoms with van der Waals surface area (Å²) in [6.45, 7) is 1.90. The normalized spacial score (nSPS) is 15.2. The maximum Gasteiger partial charge on any atom is 0.147 e. The van der Waals surface area contributed by atoms with Crippen LogP contribution in [0, 0.1) is 0 Å². The van der Waals surface area contributed by atoms with Crippen LogP contribution >= 0.6 is 23.2 Å². The number of halogens is 2. The largest absolute Gasteiger partial charge is 0.387 e. The number of pyridine rings is 1. The molecule has 0 saturated carbocycles. The van der Waals surface area contributed by atoms with Crippen molar-refractivity contribution in [2.75, 3.05) is 0 Å². The van der Waals surface area contributed by atoms with E-state index in [1.165, 1.54) is 6.20 Å². The van der Waals surface area contributed by atoms with E-state index in [1.54, 1.807) is 6.07 Å². The van der Waals surface area contributed by atoms with Crippen LogP contribution in [0.2, 0.25) is 10.2 Å². The summed E-state index contributed by atoms with van der Waals surface area (Å²) in [6, 6.07) is 1.27. The van der Waals surface area contributed by atoms with Gasteiger partial charge in [0.1, 0.15) is 5.15 Å². The van der Waals surface area contributed by atoms with Crippen LogP contribution in [0.4, 0.5) is 0 Å². The lowest BCUT2D eigenvalue weighted by atomic mass is 10.0. The van der Waals surface area contributed by atoms with Crippen LogP contribution in [-0.4, -0.2) is 16.1 Å². The molecular formula is C9H12Cl2N2O. The second-order valence-corrected chi connectivity index (χ2v) is 3.82. The first-order valence-electron chi connectivity index (χ1n) is 4.30. The molecule has 0 bridgehead atoms. The van der Waals surface area contributed by atoms with Gasteiger partial charge in [-0.15, -0.1) is 0 Å². The van der Waals surface area contributed by atoms with E-state index >= 15 is 0 Å². The summed E-state index contributed by atoms with van der Waals surface area (Å²) in [4.78, 5) is 3.83. The molecule has 1 aromatic rings. The van der Waals surface area contributed by atoms with Crippen LogP contribution in [0.15, 0.2) is 12.3 Å². The number of aliphatic hydroxyl groups is 1. The molecule has 2 atom stereocenters. The summed E-state index contributed by atoms with van der Waals surface area (Å²) in [5.41, 5.74) is 6.27. The van der Waals surface area contributed by atoms with E-state index in [0.717, 1.165) is 0 Å². The second-order valence-electron chi connectivity index (χ2n) is 3.06. The Morgan fingerprint density at radius 1 is 1.57 bits per heavy atom. The van der Waals surface area contributed by atoms with Crippen molar-refractivity contribution in [3.8, 4) is 0 Å². The summed E-state index contributed by atoms with van der Waals surface area (Å²) in [5.74, 6) is 0. The third kappa shape index (κ3) is 2.58. The number of aliphatic hydroxyl groups excluding tert-OH is 1. The van der Waals surface area contributed by atoms with Crippen molar-refractivity contribution in [3.05, 3.63) is 28.0 Å². The quantitative estimate of drug-likeness (QED) is 0.789. The fourth-order valence-electron chi connectivity index (χ4n) is 1.07. The number of hydrogen-bond donors (Lipinski definition) is 2. The molecule has 0 spiro atoms. The number of aromatic nitrogens is 1. The van der Waals surface area contributed by atoms with Gasteiger partial charge < -0.3 is 10.8 Å². The Bertz CT molecular complexity index is 320. The van der Waals surface area contributed by atoms with Crippen molar-refractivity contribution >= 4 is 23.2 Å². The highest BCUT2D eigenvalue weighted by Gasteiger charge is 2.16. The lowest BCUT2D eigenvalue weighted by Crippen LogP contribution is -2.27. The number of nitrogens with zero attached hydrogens (tertiary/aromatic N) is 1. The molecule has 0 radical (unpaired) electrons. The molecular weight excluding hydrogens is 223 g/mol. The SMILES string of the molecule is CC[C@@H](N)[C@H](O)c1cnc(Cl)c(Cl)c1. The Labute approximate surface area is 92.9 Å². The maximum atomic E-state index is 9.74. The minimum atomic E-state index is -0.748. The molecule has 1 rings (SSSR count). The van der Waals surface area contributed by atoms with Gasteiger partial charge in [-0.25, -0.2) is 4.98 Å². The molecule has 1 heterocycles. The molecule has 0 fully saturated rings. The summed E-state index contributed by atoms with van der Waals surface area (Å²) in [7, 11) is 0. The van der Waals surface area contributed by atoms with Gasteiger partial charge in [0, 0.05) is 17.8 Å². The van der Waals surface area contributed by atoms with E-state index < -0.39 is 6.10 Å². The molecule has 0 aliphatic heterocycles. The summed E-state index contributed by atoms with van der Waals surface area (Å²) >= 11 is 11.4. The smallest absolute Gasteiger partial charge is 0.147 e. The number of hydrogen-bond acceptors (Lipinski definition) is 3. The van der Waals surface area contributed by atoms with E-state index in [0.29, 0.717) is 17.0 Å². The zero-order chi connectivity index (χ0) is 10.7. The number of rotatable bonds is 3. The topological polar surface area (TPSA) is 59.1 Å². The van der Waals surface area contributed by atoms with Crippen LogP contribution in [-0.2, 0) is 0 Å². The highest BCUT2D eigenvalue weighted by molar-refractivity contribution is 6.41. The Kier molecular flexibility index (Phi) is 4.13. The van der Waals surface area contributed by atoms with E-state index in [4.69, 9.17) is 28.9 Å². The Morgan fingerprint density at radius 2 is 2.21 bits per heavy atom. The lowest BCUT2D eigenvalue weighted by molar-refractivity contribution is 0.144. The summed E-state index contributed by atoms with van der Waals surface area (Å²) < 4.78 is 0. The van der Waals surface area contributed by atoms with Crippen LogP contribution in [0.1, 0.15) is 25.0 Å². The van der Waals surface area contributed by atoms with Gasteiger partial charge in [-0.3, -0.25) is 0 Å². The molecule has 3 nitrogen and oxygen atoms in total. The molecule has 14 heavy (non-hydrogen) atoms. The molecule has 1 aromatic heterocycles. The Hall–Kier alpha value is -0.350. The van der Waals surface area contributed by atoms with Crippen LogP contribution < -0.4 is 5.73 Å².